The van der Waals surface area contributed by atoms with E-state index in [0.29, 0.717) is 12.1 Å². The van der Waals surface area contributed by atoms with E-state index in [4.69, 9.17) is 9.47 Å². The molecule has 1 aliphatic rings. The Kier molecular flexibility index (Phi) is 5.98. The van der Waals surface area contributed by atoms with Gasteiger partial charge in [0.1, 0.15) is 11.5 Å². The minimum atomic E-state index is 0.533. The van der Waals surface area contributed by atoms with E-state index in [2.05, 4.69) is 42.6 Å². The molecular formula is C22H29NO2. The van der Waals surface area contributed by atoms with E-state index in [1.54, 1.807) is 14.2 Å². The third kappa shape index (κ3) is 4.76. The zero-order chi connectivity index (χ0) is 17.6. The zero-order valence-electron chi connectivity index (χ0n) is 15.5. The van der Waals surface area contributed by atoms with Crippen LogP contribution in [0.15, 0.2) is 42.5 Å². The second-order valence-corrected chi connectivity index (χ2v) is 7.04. The fraction of sp³-hybridized carbons (Fsp3) is 0.455. The molecule has 1 heterocycles. The summed E-state index contributed by atoms with van der Waals surface area (Å²) < 4.78 is 10.8. The predicted octanol–water partition coefficient (Wildman–Crippen LogP) is 4.31. The molecule has 0 amide bonds. The van der Waals surface area contributed by atoms with Gasteiger partial charge >= 0.3 is 0 Å². The van der Waals surface area contributed by atoms with E-state index < -0.39 is 0 Å². The van der Waals surface area contributed by atoms with E-state index in [1.165, 1.54) is 36.0 Å². The number of methoxy groups -OCH3 is 2. The number of hydrogen-bond donors (Lipinski definition) is 1. The molecule has 2 aromatic rings. The standard InChI is InChI=1S/C22H29NO2/c1-16-4-6-17(7-5-16)8-10-19-11-12-20(23-19)14-18-9-13-21(24-2)15-22(18)25-3/h4-7,9,13,15,19-20,23H,8,10-12,14H2,1-3H3. The number of aryl methyl sites for hydroxylation is 2. The van der Waals surface area contributed by atoms with Gasteiger partial charge in [0.25, 0.3) is 0 Å². The molecule has 0 spiro atoms. The summed E-state index contributed by atoms with van der Waals surface area (Å²) in [7, 11) is 3.41. The molecule has 1 fully saturated rings. The van der Waals surface area contributed by atoms with Gasteiger partial charge in [-0.25, -0.2) is 0 Å². The minimum Gasteiger partial charge on any atom is -0.497 e. The number of rotatable bonds is 7. The van der Waals surface area contributed by atoms with Crippen LogP contribution in [0.4, 0.5) is 0 Å². The second kappa shape index (κ2) is 8.39. The van der Waals surface area contributed by atoms with Gasteiger partial charge in [-0.1, -0.05) is 35.9 Å². The second-order valence-electron chi connectivity index (χ2n) is 7.04. The summed E-state index contributed by atoms with van der Waals surface area (Å²) in [5.74, 6) is 1.76. The van der Waals surface area contributed by atoms with Crippen molar-refractivity contribution in [2.75, 3.05) is 14.2 Å². The zero-order valence-corrected chi connectivity index (χ0v) is 15.5. The molecule has 2 aromatic carbocycles. The smallest absolute Gasteiger partial charge is 0.125 e. The number of hydrogen-bond acceptors (Lipinski definition) is 3. The molecule has 2 atom stereocenters. The molecule has 1 N–H and O–H groups in total. The maximum absolute atomic E-state index is 5.53. The molecule has 3 nitrogen and oxygen atoms in total. The number of nitrogens with one attached hydrogen (secondary N) is 1. The van der Waals surface area contributed by atoms with Crippen molar-refractivity contribution in [3.8, 4) is 11.5 Å². The fourth-order valence-corrected chi connectivity index (χ4v) is 3.67. The van der Waals surface area contributed by atoms with Crippen molar-refractivity contribution in [3.63, 3.8) is 0 Å². The molecule has 2 unspecified atom stereocenters. The number of benzene rings is 2. The lowest BCUT2D eigenvalue weighted by Gasteiger charge is -2.17. The Morgan fingerprint density at radius 2 is 1.72 bits per heavy atom. The molecule has 3 rings (SSSR count). The Bertz CT molecular complexity index is 681. The lowest BCUT2D eigenvalue weighted by molar-refractivity contribution is 0.388. The summed E-state index contributed by atoms with van der Waals surface area (Å²) in [6, 6.07) is 16.2. The monoisotopic (exact) mass is 339 g/mol. The molecular weight excluding hydrogens is 310 g/mol. The van der Waals surface area contributed by atoms with Gasteiger partial charge in [-0.15, -0.1) is 0 Å². The van der Waals surface area contributed by atoms with Gasteiger partial charge in [-0.3, -0.25) is 0 Å². The van der Waals surface area contributed by atoms with Crippen molar-refractivity contribution in [1.82, 2.24) is 5.32 Å². The summed E-state index contributed by atoms with van der Waals surface area (Å²) in [5, 5.41) is 3.81. The molecule has 1 aliphatic heterocycles. The first kappa shape index (κ1) is 17.8. The van der Waals surface area contributed by atoms with Gasteiger partial charge in [0, 0.05) is 18.2 Å². The van der Waals surface area contributed by atoms with Gasteiger partial charge in [-0.05, 0) is 56.2 Å². The predicted molar refractivity (Wildman–Crippen MR) is 103 cm³/mol. The molecule has 134 valence electrons. The van der Waals surface area contributed by atoms with Gasteiger partial charge in [0.15, 0.2) is 0 Å². The minimum absolute atomic E-state index is 0.533. The molecule has 0 aromatic heterocycles. The summed E-state index contributed by atoms with van der Waals surface area (Å²) in [5.41, 5.74) is 4.02. The lowest BCUT2D eigenvalue weighted by atomic mass is 10.0. The van der Waals surface area contributed by atoms with Crippen molar-refractivity contribution in [1.29, 1.82) is 0 Å². The largest absolute Gasteiger partial charge is 0.497 e. The van der Waals surface area contributed by atoms with Crippen LogP contribution in [0.5, 0.6) is 11.5 Å². The Morgan fingerprint density at radius 3 is 2.44 bits per heavy atom. The highest BCUT2D eigenvalue weighted by atomic mass is 16.5. The van der Waals surface area contributed by atoms with E-state index in [0.717, 1.165) is 24.3 Å². The highest BCUT2D eigenvalue weighted by molar-refractivity contribution is 5.41. The summed E-state index contributed by atoms with van der Waals surface area (Å²) >= 11 is 0. The Hall–Kier alpha value is -2.00. The SMILES string of the molecule is COc1ccc(CC2CCC(CCc3ccc(C)cc3)N2)c(OC)c1. The third-order valence-electron chi connectivity index (χ3n) is 5.20. The van der Waals surface area contributed by atoms with Crippen LogP contribution < -0.4 is 14.8 Å². The Labute approximate surface area is 151 Å². The lowest BCUT2D eigenvalue weighted by Crippen LogP contribution is -2.31. The van der Waals surface area contributed by atoms with E-state index in [9.17, 15) is 0 Å². The van der Waals surface area contributed by atoms with Crippen LogP contribution in [0, 0.1) is 6.92 Å². The van der Waals surface area contributed by atoms with Crippen molar-refractivity contribution < 1.29 is 9.47 Å². The van der Waals surface area contributed by atoms with E-state index in [-0.39, 0.29) is 0 Å². The van der Waals surface area contributed by atoms with Crippen LogP contribution in [0.3, 0.4) is 0 Å². The van der Waals surface area contributed by atoms with Gasteiger partial charge in [-0.2, -0.15) is 0 Å². The summed E-state index contributed by atoms with van der Waals surface area (Å²) in [6.45, 7) is 2.14. The molecule has 1 saturated heterocycles. The number of ether oxygens (including phenoxy) is 2. The maximum Gasteiger partial charge on any atom is 0.125 e. The Balaban J connectivity index is 1.52. The molecule has 0 radical (unpaired) electrons. The first-order valence-electron chi connectivity index (χ1n) is 9.20. The van der Waals surface area contributed by atoms with Gasteiger partial charge in [0.2, 0.25) is 0 Å². The third-order valence-corrected chi connectivity index (χ3v) is 5.20. The summed E-state index contributed by atoms with van der Waals surface area (Å²) in [4.78, 5) is 0. The highest BCUT2D eigenvalue weighted by Gasteiger charge is 2.24. The average molecular weight is 339 g/mol. The van der Waals surface area contributed by atoms with Gasteiger partial charge in [0.05, 0.1) is 14.2 Å². The van der Waals surface area contributed by atoms with Crippen LogP contribution in [0.25, 0.3) is 0 Å². The van der Waals surface area contributed by atoms with Crippen LogP contribution in [0.1, 0.15) is 36.0 Å². The first-order valence-corrected chi connectivity index (χ1v) is 9.20. The highest BCUT2D eigenvalue weighted by Crippen LogP contribution is 2.28. The van der Waals surface area contributed by atoms with Crippen LogP contribution in [0.2, 0.25) is 0 Å². The molecule has 25 heavy (non-hydrogen) atoms. The van der Waals surface area contributed by atoms with Crippen molar-refractivity contribution in [3.05, 3.63) is 59.2 Å². The van der Waals surface area contributed by atoms with E-state index >= 15 is 0 Å². The van der Waals surface area contributed by atoms with Gasteiger partial charge < -0.3 is 14.8 Å². The maximum atomic E-state index is 5.53. The normalized spacial score (nSPS) is 19.8. The van der Waals surface area contributed by atoms with Crippen LogP contribution in [-0.4, -0.2) is 26.3 Å². The van der Waals surface area contributed by atoms with Crippen LogP contribution in [-0.2, 0) is 12.8 Å². The van der Waals surface area contributed by atoms with E-state index in [1.807, 2.05) is 12.1 Å². The molecule has 3 heteroatoms. The first-order chi connectivity index (χ1) is 12.2. The molecule has 0 bridgehead atoms. The molecule has 0 aliphatic carbocycles. The average Bonchev–Trinajstić information content (AvgIpc) is 3.09. The fourth-order valence-electron chi connectivity index (χ4n) is 3.67. The molecule has 0 saturated carbocycles. The topological polar surface area (TPSA) is 30.5 Å². The van der Waals surface area contributed by atoms with Crippen molar-refractivity contribution in [2.24, 2.45) is 0 Å². The quantitative estimate of drug-likeness (QED) is 0.815. The Morgan fingerprint density at radius 1 is 0.960 bits per heavy atom. The van der Waals surface area contributed by atoms with Crippen molar-refractivity contribution >= 4 is 0 Å². The summed E-state index contributed by atoms with van der Waals surface area (Å²) in [6.07, 6.45) is 5.85. The van der Waals surface area contributed by atoms with Crippen molar-refractivity contribution in [2.45, 2.75) is 51.1 Å². The van der Waals surface area contributed by atoms with Crippen LogP contribution >= 0.6 is 0 Å².